The summed E-state index contributed by atoms with van der Waals surface area (Å²) in [6.07, 6.45) is -1.07. The van der Waals surface area contributed by atoms with Crippen LogP contribution in [-0.2, 0) is 4.79 Å². The maximum absolute atomic E-state index is 12.6. The third-order valence-electron chi connectivity index (χ3n) is 4.37. The Labute approximate surface area is 183 Å². The molecule has 0 spiro atoms. The Balaban J connectivity index is 2.01. The molecule has 0 aliphatic carbocycles. The number of hydrogen-bond acceptors (Lipinski definition) is 5. The number of nitro groups is 1. The van der Waals surface area contributed by atoms with Gasteiger partial charge in [0.05, 0.1) is 21.6 Å². The highest BCUT2D eigenvalue weighted by Gasteiger charge is 2.26. The number of nitrogens with zero attached hydrogens (tertiary/aromatic N) is 1. The molecule has 10 heteroatoms. The summed E-state index contributed by atoms with van der Waals surface area (Å²) in [6.45, 7) is 3.40. The first-order valence-electron chi connectivity index (χ1n) is 9.06. The standard InChI is InChI=1S/C20H21Cl2N3O5/c1-11(2)18(24-19(27)15-8-5-13(21)9-16(15)22)20(28)23-10-17(26)12-3-6-14(7-4-12)25(29)30/h3-9,11,17-18,26H,10H2,1-2H3,(H,23,28)(H,24,27). The molecule has 2 atom stereocenters. The van der Waals surface area contributed by atoms with E-state index < -0.39 is 28.9 Å². The van der Waals surface area contributed by atoms with Gasteiger partial charge in [-0.25, -0.2) is 0 Å². The second kappa shape index (κ2) is 10.4. The Kier molecular flexibility index (Phi) is 8.16. The second-order valence-corrected chi connectivity index (χ2v) is 7.77. The molecule has 2 aromatic carbocycles. The lowest BCUT2D eigenvalue weighted by Crippen LogP contribution is -2.50. The molecule has 2 unspecified atom stereocenters. The number of benzene rings is 2. The van der Waals surface area contributed by atoms with E-state index in [9.17, 15) is 24.8 Å². The average molecular weight is 454 g/mol. The first-order chi connectivity index (χ1) is 14.1. The predicted molar refractivity (Wildman–Crippen MR) is 114 cm³/mol. The molecule has 2 aromatic rings. The number of rotatable bonds is 8. The molecule has 2 amide bonds. The molecule has 0 aliphatic heterocycles. The lowest BCUT2D eigenvalue weighted by molar-refractivity contribution is -0.384. The van der Waals surface area contributed by atoms with Crippen LogP contribution in [0.15, 0.2) is 42.5 Å². The first-order valence-corrected chi connectivity index (χ1v) is 9.81. The van der Waals surface area contributed by atoms with Crippen LogP contribution in [0.2, 0.25) is 10.0 Å². The normalized spacial score (nSPS) is 12.9. The maximum atomic E-state index is 12.6. The second-order valence-electron chi connectivity index (χ2n) is 6.93. The summed E-state index contributed by atoms with van der Waals surface area (Å²) in [7, 11) is 0. The molecule has 3 N–H and O–H groups in total. The smallest absolute Gasteiger partial charge is 0.269 e. The molecule has 0 heterocycles. The van der Waals surface area contributed by atoms with Gasteiger partial charge in [-0.15, -0.1) is 0 Å². The van der Waals surface area contributed by atoms with Crippen molar-refractivity contribution in [3.05, 3.63) is 73.8 Å². The van der Waals surface area contributed by atoms with Crippen LogP contribution in [0.1, 0.15) is 35.9 Å². The third-order valence-corrected chi connectivity index (χ3v) is 4.92. The quantitative estimate of drug-likeness (QED) is 0.416. The van der Waals surface area contributed by atoms with Crippen molar-refractivity contribution >= 4 is 40.7 Å². The lowest BCUT2D eigenvalue weighted by Gasteiger charge is -2.23. The number of carbonyl (C=O) groups is 2. The van der Waals surface area contributed by atoms with Crippen LogP contribution in [0, 0.1) is 16.0 Å². The van der Waals surface area contributed by atoms with Crippen molar-refractivity contribution in [1.29, 1.82) is 0 Å². The number of hydrogen-bond donors (Lipinski definition) is 3. The number of aliphatic hydroxyl groups excluding tert-OH is 1. The molecule has 30 heavy (non-hydrogen) atoms. The van der Waals surface area contributed by atoms with Crippen molar-refractivity contribution in [3.63, 3.8) is 0 Å². The van der Waals surface area contributed by atoms with E-state index in [1.165, 1.54) is 42.5 Å². The van der Waals surface area contributed by atoms with E-state index in [-0.39, 0.29) is 28.7 Å². The molecule has 0 aromatic heterocycles. The van der Waals surface area contributed by atoms with Crippen molar-refractivity contribution in [2.24, 2.45) is 5.92 Å². The monoisotopic (exact) mass is 453 g/mol. The number of carbonyl (C=O) groups excluding carboxylic acids is 2. The minimum Gasteiger partial charge on any atom is -0.387 e. The lowest BCUT2D eigenvalue weighted by atomic mass is 10.0. The van der Waals surface area contributed by atoms with Crippen LogP contribution >= 0.6 is 23.2 Å². The zero-order valence-electron chi connectivity index (χ0n) is 16.3. The number of halogens is 2. The molecule has 0 bridgehead atoms. The van der Waals surface area contributed by atoms with Crippen molar-refractivity contribution in [1.82, 2.24) is 10.6 Å². The molecule has 0 fully saturated rings. The Hall–Kier alpha value is -2.68. The molecule has 0 saturated heterocycles. The fourth-order valence-electron chi connectivity index (χ4n) is 2.67. The van der Waals surface area contributed by atoms with Gasteiger partial charge in [-0.05, 0) is 41.8 Å². The van der Waals surface area contributed by atoms with Gasteiger partial charge in [-0.2, -0.15) is 0 Å². The van der Waals surface area contributed by atoms with E-state index in [0.29, 0.717) is 10.6 Å². The number of non-ortho nitro benzene ring substituents is 1. The highest BCUT2D eigenvalue weighted by molar-refractivity contribution is 6.36. The fourth-order valence-corrected chi connectivity index (χ4v) is 3.17. The SMILES string of the molecule is CC(C)C(NC(=O)c1ccc(Cl)cc1Cl)C(=O)NCC(O)c1ccc([N+](=O)[O-])cc1. The van der Waals surface area contributed by atoms with E-state index in [2.05, 4.69) is 10.6 Å². The average Bonchev–Trinajstić information content (AvgIpc) is 2.69. The van der Waals surface area contributed by atoms with Crippen molar-refractivity contribution < 1.29 is 19.6 Å². The minimum atomic E-state index is -1.07. The number of nitro benzene ring substituents is 1. The summed E-state index contributed by atoms with van der Waals surface area (Å²) >= 11 is 11.9. The Bertz CT molecular complexity index is 935. The van der Waals surface area contributed by atoms with Gasteiger partial charge in [0.25, 0.3) is 11.6 Å². The molecular formula is C20H21Cl2N3O5. The van der Waals surface area contributed by atoms with Gasteiger partial charge in [0.1, 0.15) is 6.04 Å². The summed E-state index contributed by atoms with van der Waals surface area (Å²) in [5.74, 6) is -1.25. The van der Waals surface area contributed by atoms with Gasteiger partial charge in [0.15, 0.2) is 0 Å². The van der Waals surface area contributed by atoms with Crippen molar-refractivity contribution in [2.45, 2.75) is 26.0 Å². The van der Waals surface area contributed by atoms with Gasteiger partial charge >= 0.3 is 0 Å². The largest absolute Gasteiger partial charge is 0.387 e. The van der Waals surface area contributed by atoms with Crippen LogP contribution in [0.25, 0.3) is 0 Å². The molecule has 0 aliphatic rings. The molecule has 160 valence electrons. The van der Waals surface area contributed by atoms with Gasteiger partial charge < -0.3 is 15.7 Å². The highest BCUT2D eigenvalue weighted by Crippen LogP contribution is 2.21. The summed E-state index contributed by atoms with van der Waals surface area (Å²) in [6, 6.07) is 8.93. The number of nitrogens with one attached hydrogen (secondary N) is 2. The Morgan fingerprint density at radius 1 is 1.13 bits per heavy atom. The summed E-state index contributed by atoms with van der Waals surface area (Å²) in [4.78, 5) is 35.3. The molecule has 0 saturated carbocycles. The van der Waals surface area contributed by atoms with E-state index in [1.54, 1.807) is 13.8 Å². The van der Waals surface area contributed by atoms with Crippen LogP contribution in [0.4, 0.5) is 5.69 Å². The summed E-state index contributed by atoms with van der Waals surface area (Å²) in [5.41, 5.74) is 0.503. The highest BCUT2D eigenvalue weighted by atomic mass is 35.5. The molecule has 2 rings (SSSR count). The van der Waals surface area contributed by atoms with E-state index in [4.69, 9.17) is 23.2 Å². The topological polar surface area (TPSA) is 122 Å². The van der Waals surface area contributed by atoms with Crippen LogP contribution in [0.5, 0.6) is 0 Å². The van der Waals surface area contributed by atoms with Gasteiger partial charge in [0, 0.05) is 23.7 Å². The van der Waals surface area contributed by atoms with E-state index >= 15 is 0 Å². The van der Waals surface area contributed by atoms with Gasteiger partial charge in [-0.1, -0.05) is 37.0 Å². The predicted octanol–water partition coefficient (Wildman–Crippen LogP) is 3.51. The molecule has 8 nitrogen and oxygen atoms in total. The summed E-state index contributed by atoms with van der Waals surface area (Å²) in [5, 5.41) is 26.7. The van der Waals surface area contributed by atoms with Gasteiger partial charge in [-0.3, -0.25) is 19.7 Å². The third kappa shape index (κ3) is 6.16. The zero-order chi connectivity index (χ0) is 22.4. The fraction of sp³-hybridized carbons (Fsp3) is 0.300. The zero-order valence-corrected chi connectivity index (χ0v) is 17.8. The summed E-state index contributed by atoms with van der Waals surface area (Å²) < 4.78 is 0. The first kappa shape index (κ1) is 23.6. The van der Waals surface area contributed by atoms with Crippen molar-refractivity contribution in [2.75, 3.05) is 6.54 Å². The molecular weight excluding hydrogens is 433 g/mol. The number of aliphatic hydroxyl groups is 1. The number of amides is 2. The minimum absolute atomic E-state index is 0.0987. The van der Waals surface area contributed by atoms with E-state index in [1.807, 2.05) is 0 Å². The van der Waals surface area contributed by atoms with Gasteiger partial charge in [0.2, 0.25) is 5.91 Å². The van der Waals surface area contributed by atoms with E-state index in [0.717, 1.165) is 0 Å². The Morgan fingerprint density at radius 2 is 1.77 bits per heavy atom. The van der Waals surface area contributed by atoms with Crippen LogP contribution in [0.3, 0.4) is 0 Å². The van der Waals surface area contributed by atoms with Crippen LogP contribution < -0.4 is 10.6 Å². The Morgan fingerprint density at radius 3 is 2.30 bits per heavy atom. The van der Waals surface area contributed by atoms with Crippen LogP contribution in [-0.4, -0.2) is 34.4 Å². The molecule has 0 radical (unpaired) electrons. The maximum Gasteiger partial charge on any atom is 0.269 e. The van der Waals surface area contributed by atoms with Crippen molar-refractivity contribution in [3.8, 4) is 0 Å².